The van der Waals surface area contributed by atoms with Crippen molar-refractivity contribution in [3.8, 4) is 5.75 Å². The van der Waals surface area contributed by atoms with Crippen LogP contribution in [0.25, 0.3) is 0 Å². The molecule has 2 saturated heterocycles. The molecule has 2 heterocycles. The van der Waals surface area contributed by atoms with E-state index >= 15 is 0 Å². The van der Waals surface area contributed by atoms with Crippen molar-refractivity contribution >= 4 is 5.91 Å². The van der Waals surface area contributed by atoms with Crippen molar-refractivity contribution in [3.05, 3.63) is 65.5 Å². The lowest BCUT2D eigenvalue weighted by molar-refractivity contribution is -0.130. The summed E-state index contributed by atoms with van der Waals surface area (Å²) in [6.07, 6.45) is 5.78. The van der Waals surface area contributed by atoms with Gasteiger partial charge in [-0.2, -0.15) is 0 Å². The maximum Gasteiger partial charge on any atom is 0.226 e. The number of nitrogens with zero attached hydrogens (tertiary/aromatic N) is 2. The molecule has 2 aromatic rings. The second-order valence-corrected chi connectivity index (χ2v) is 8.46. The normalized spacial score (nSPS) is 22.7. The molecule has 29 heavy (non-hydrogen) atoms. The Hall–Kier alpha value is -2.40. The van der Waals surface area contributed by atoms with Crippen LogP contribution < -0.4 is 0 Å². The minimum Gasteiger partial charge on any atom is -0.508 e. The number of phenols is 1. The molecule has 5 heteroatoms. The Balaban J connectivity index is 1.40. The maximum absolute atomic E-state index is 13.2. The molecule has 1 amide bonds. The molecule has 0 bridgehead atoms. The molecule has 4 rings (SSSR count). The molecule has 4 nitrogen and oxygen atoms in total. The molecule has 1 spiro atoms. The highest BCUT2D eigenvalue weighted by Crippen LogP contribution is 2.39. The molecule has 2 aliphatic rings. The Morgan fingerprint density at radius 2 is 1.72 bits per heavy atom. The summed E-state index contributed by atoms with van der Waals surface area (Å²) in [4.78, 5) is 17.4. The van der Waals surface area contributed by atoms with Gasteiger partial charge in [-0.1, -0.05) is 24.3 Å². The highest BCUT2D eigenvalue weighted by atomic mass is 19.1. The Morgan fingerprint density at radius 1 is 0.966 bits per heavy atom. The van der Waals surface area contributed by atoms with Gasteiger partial charge in [-0.15, -0.1) is 0 Å². The van der Waals surface area contributed by atoms with Crippen LogP contribution in [-0.4, -0.2) is 46.0 Å². The van der Waals surface area contributed by atoms with Crippen LogP contribution in [0.1, 0.15) is 43.2 Å². The van der Waals surface area contributed by atoms with Crippen LogP contribution in [-0.2, 0) is 17.8 Å². The molecule has 2 aromatic carbocycles. The van der Waals surface area contributed by atoms with Crippen LogP contribution in [0.2, 0.25) is 0 Å². The molecule has 0 aromatic heterocycles. The van der Waals surface area contributed by atoms with E-state index < -0.39 is 0 Å². The third-order valence-electron chi connectivity index (χ3n) is 6.56. The summed E-state index contributed by atoms with van der Waals surface area (Å²) in [5.41, 5.74) is 2.15. The van der Waals surface area contributed by atoms with Crippen molar-refractivity contribution in [2.45, 2.75) is 50.6 Å². The Labute approximate surface area is 171 Å². The predicted octanol–water partition coefficient (Wildman–Crippen LogP) is 4.12. The van der Waals surface area contributed by atoms with Crippen LogP contribution in [0.3, 0.4) is 0 Å². The van der Waals surface area contributed by atoms with Gasteiger partial charge in [0.1, 0.15) is 11.6 Å². The third kappa shape index (κ3) is 4.61. The van der Waals surface area contributed by atoms with E-state index in [2.05, 4.69) is 4.90 Å². The Kier molecular flexibility index (Phi) is 5.86. The fourth-order valence-corrected chi connectivity index (χ4v) is 5.00. The number of carbonyl (C=O) groups is 1. The lowest BCUT2D eigenvalue weighted by Crippen LogP contribution is -2.44. The summed E-state index contributed by atoms with van der Waals surface area (Å²) < 4.78 is 13.2. The van der Waals surface area contributed by atoms with Gasteiger partial charge in [-0.25, -0.2) is 4.39 Å². The van der Waals surface area contributed by atoms with Gasteiger partial charge in [0.2, 0.25) is 5.91 Å². The van der Waals surface area contributed by atoms with Gasteiger partial charge in [0, 0.05) is 25.2 Å². The zero-order chi connectivity index (χ0) is 20.3. The first-order valence-electron chi connectivity index (χ1n) is 10.6. The number of halogens is 1. The summed E-state index contributed by atoms with van der Waals surface area (Å²) in [5.74, 6) is 0.142. The SMILES string of the molecule is O=C(Cc1cccc(O)c1)N1CCC[C@]2(CCCN2Cc2ccc(F)cc2)CC1. The molecule has 2 fully saturated rings. The molecule has 2 aliphatic heterocycles. The number of hydrogen-bond donors (Lipinski definition) is 1. The number of benzene rings is 2. The lowest BCUT2D eigenvalue weighted by atomic mass is 9.87. The van der Waals surface area contributed by atoms with Gasteiger partial charge in [0.25, 0.3) is 0 Å². The van der Waals surface area contributed by atoms with Crippen LogP contribution in [0, 0.1) is 5.82 Å². The summed E-state index contributed by atoms with van der Waals surface area (Å²) >= 11 is 0. The molecule has 0 aliphatic carbocycles. The second-order valence-electron chi connectivity index (χ2n) is 8.46. The molecular formula is C24H29FN2O2. The van der Waals surface area contributed by atoms with Crippen molar-refractivity contribution < 1.29 is 14.3 Å². The quantitative estimate of drug-likeness (QED) is 0.845. The van der Waals surface area contributed by atoms with E-state index in [1.54, 1.807) is 18.2 Å². The highest BCUT2D eigenvalue weighted by molar-refractivity contribution is 5.79. The number of rotatable bonds is 4. The first kappa shape index (κ1) is 19.9. The molecule has 1 atom stereocenters. The molecule has 0 saturated carbocycles. The topological polar surface area (TPSA) is 43.8 Å². The maximum atomic E-state index is 13.2. The summed E-state index contributed by atoms with van der Waals surface area (Å²) in [6, 6.07) is 13.8. The minimum absolute atomic E-state index is 0.135. The summed E-state index contributed by atoms with van der Waals surface area (Å²) in [5, 5.41) is 9.63. The number of aromatic hydroxyl groups is 1. The van der Waals surface area contributed by atoms with E-state index in [0.717, 1.165) is 56.6 Å². The number of phenolic OH excluding ortho intramolecular Hbond substituents is 1. The summed E-state index contributed by atoms with van der Waals surface area (Å²) in [6.45, 7) is 3.48. The first-order chi connectivity index (χ1) is 14.0. The molecule has 0 radical (unpaired) electrons. The lowest BCUT2D eigenvalue weighted by Gasteiger charge is -2.38. The van der Waals surface area contributed by atoms with E-state index in [0.29, 0.717) is 6.42 Å². The molecule has 154 valence electrons. The van der Waals surface area contributed by atoms with E-state index in [-0.39, 0.29) is 23.0 Å². The monoisotopic (exact) mass is 396 g/mol. The van der Waals surface area contributed by atoms with E-state index in [1.165, 1.54) is 25.0 Å². The van der Waals surface area contributed by atoms with Crippen LogP contribution in [0.5, 0.6) is 5.75 Å². The number of carbonyl (C=O) groups excluding carboxylic acids is 1. The number of amides is 1. The fourth-order valence-electron chi connectivity index (χ4n) is 5.00. The standard InChI is InChI=1S/C24H29FN2O2/c25-21-8-6-19(7-9-21)18-27-14-3-11-24(27)10-2-13-26(15-12-24)23(29)17-20-4-1-5-22(28)16-20/h1,4-9,16,28H,2-3,10-15,17-18H2/t24-/m0/s1. The van der Waals surface area contributed by atoms with Crippen molar-refractivity contribution in [2.24, 2.45) is 0 Å². The number of hydrogen-bond acceptors (Lipinski definition) is 3. The number of likely N-dealkylation sites (tertiary alicyclic amines) is 2. The average molecular weight is 397 g/mol. The van der Waals surface area contributed by atoms with Crippen molar-refractivity contribution in [3.63, 3.8) is 0 Å². The van der Waals surface area contributed by atoms with Crippen molar-refractivity contribution in [1.29, 1.82) is 0 Å². The van der Waals surface area contributed by atoms with E-state index in [9.17, 15) is 14.3 Å². The van der Waals surface area contributed by atoms with Crippen LogP contribution >= 0.6 is 0 Å². The van der Waals surface area contributed by atoms with Crippen molar-refractivity contribution in [2.75, 3.05) is 19.6 Å². The Bertz CT molecular complexity index is 854. The van der Waals surface area contributed by atoms with Gasteiger partial charge >= 0.3 is 0 Å². The molecule has 1 N–H and O–H groups in total. The Morgan fingerprint density at radius 3 is 2.48 bits per heavy atom. The van der Waals surface area contributed by atoms with E-state index in [1.807, 2.05) is 23.1 Å². The summed E-state index contributed by atoms with van der Waals surface area (Å²) in [7, 11) is 0. The largest absolute Gasteiger partial charge is 0.508 e. The smallest absolute Gasteiger partial charge is 0.226 e. The zero-order valence-corrected chi connectivity index (χ0v) is 16.8. The van der Waals surface area contributed by atoms with Crippen LogP contribution in [0.4, 0.5) is 4.39 Å². The van der Waals surface area contributed by atoms with Crippen molar-refractivity contribution in [1.82, 2.24) is 9.80 Å². The third-order valence-corrected chi connectivity index (χ3v) is 6.56. The zero-order valence-electron chi connectivity index (χ0n) is 16.8. The minimum atomic E-state index is -0.194. The van der Waals surface area contributed by atoms with Gasteiger partial charge in [0.15, 0.2) is 0 Å². The fraction of sp³-hybridized carbons (Fsp3) is 0.458. The predicted molar refractivity (Wildman–Crippen MR) is 111 cm³/mol. The first-order valence-corrected chi connectivity index (χ1v) is 10.6. The molecular weight excluding hydrogens is 367 g/mol. The van der Waals surface area contributed by atoms with Gasteiger partial charge in [-0.05, 0) is 74.0 Å². The van der Waals surface area contributed by atoms with Gasteiger partial charge in [-0.3, -0.25) is 9.69 Å². The second kappa shape index (κ2) is 8.54. The van der Waals surface area contributed by atoms with Gasteiger partial charge in [0.05, 0.1) is 6.42 Å². The highest BCUT2D eigenvalue weighted by Gasteiger charge is 2.41. The molecule has 0 unspecified atom stereocenters. The van der Waals surface area contributed by atoms with Crippen LogP contribution in [0.15, 0.2) is 48.5 Å². The van der Waals surface area contributed by atoms with Gasteiger partial charge < -0.3 is 10.0 Å². The average Bonchev–Trinajstić information content (AvgIpc) is 2.94. The van der Waals surface area contributed by atoms with E-state index in [4.69, 9.17) is 0 Å².